The van der Waals surface area contributed by atoms with Gasteiger partial charge in [-0.2, -0.15) is 0 Å². The van der Waals surface area contributed by atoms with Crippen LogP contribution in [-0.2, 0) is 6.42 Å². The van der Waals surface area contributed by atoms with E-state index in [0.29, 0.717) is 12.0 Å². The van der Waals surface area contributed by atoms with Crippen molar-refractivity contribution >= 4 is 0 Å². The van der Waals surface area contributed by atoms with E-state index in [0.717, 1.165) is 44.5 Å². The molecule has 4 heteroatoms. The van der Waals surface area contributed by atoms with E-state index < -0.39 is 17.5 Å². The lowest BCUT2D eigenvalue weighted by atomic mass is 10.1. The smallest absolute Gasteiger partial charge is 0.194 e. The lowest BCUT2D eigenvalue weighted by molar-refractivity contribution is 0.445. The molecule has 0 saturated heterocycles. The van der Waals surface area contributed by atoms with Gasteiger partial charge in [0.1, 0.15) is 0 Å². The molecular weight excluding hydrogens is 227 g/mol. The topological polar surface area (TPSA) is 12.0 Å². The fraction of sp³-hybridized carbons (Fsp3) is 0.538. The zero-order valence-electron chi connectivity index (χ0n) is 10.0. The second kappa shape index (κ2) is 7.33. The second-order valence-electron chi connectivity index (χ2n) is 4.08. The molecule has 0 bridgehead atoms. The first-order chi connectivity index (χ1) is 8.15. The molecule has 0 atom stereocenters. The molecule has 1 nitrogen and oxygen atoms in total. The third kappa shape index (κ3) is 4.77. The molecule has 17 heavy (non-hydrogen) atoms. The molecule has 1 aromatic carbocycles. The van der Waals surface area contributed by atoms with E-state index >= 15 is 0 Å². The summed E-state index contributed by atoms with van der Waals surface area (Å²) >= 11 is 0. The number of aryl methyl sites for hydroxylation is 1. The predicted molar refractivity (Wildman–Crippen MR) is 62.4 cm³/mol. The van der Waals surface area contributed by atoms with E-state index in [1.165, 1.54) is 0 Å². The van der Waals surface area contributed by atoms with Crippen LogP contribution in [-0.4, -0.2) is 13.1 Å². The van der Waals surface area contributed by atoms with Crippen molar-refractivity contribution in [2.24, 2.45) is 0 Å². The van der Waals surface area contributed by atoms with Crippen LogP contribution in [0.2, 0.25) is 0 Å². The van der Waals surface area contributed by atoms with Crippen LogP contribution < -0.4 is 5.32 Å². The molecule has 0 heterocycles. The Morgan fingerprint density at radius 2 is 1.65 bits per heavy atom. The number of nitrogens with one attached hydrogen (secondary N) is 1. The number of halogens is 3. The highest BCUT2D eigenvalue weighted by molar-refractivity contribution is 5.19. The first-order valence-electron chi connectivity index (χ1n) is 5.99. The Labute approximate surface area is 100 Å². The Morgan fingerprint density at radius 1 is 1.00 bits per heavy atom. The first-order valence-corrected chi connectivity index (χ1v) is 5.99. The van der Waals surface area contributed by atoms with Gasteiger partial charge in [0.25, 0.3) is 0 Å². The summed E-state index contributed by atoms with van der Waals surface area (Å²) in [4.78, 5) is 0. The van der Waals surface area contributed by atoms with Crippen molar-refractivity contribution < 1.29 is 13.2 Å². The average Bonchev–Trinajstić information content (AvgIpc) is 2.30. The van der Waals surface area contributed by atoms with Crippen LogP contribution in [0.1, 0.15) is 31.7 Å². The summed E-state index contributed by atoms with van der Waals surface area (Å²) in [5.74, 6) is -3.61. The van der Waals surface area contributed by atoms with Crippen molar-refractivity contribution in [3.63, 3.8) is 0 Å². The van der Waals surface area contributed by atoms with Crippen LogP contribution in [0.3, 0.4) is 0 Å². The van der Waals surface area contributed by atoms with Crippen molar-refractivity contribution in [2.45, 2.75) is 32.6 Å². The summed E-state index contributed by atoms with van der Waals surface area (Å²) in [6, 6.07) is 2.13. The van der Waals surface area contributed by atoms with Crippen LogP contribution in [0.25, 0.3) is 0 Å². The van der Waals surface area contributed by atoms with Crippen molar-refractivity contribution in [2.75, 3.05) is 13.1 Å². The van der Waals surface area contributed by atoms with Crippen molar-refractivity contribution in [1.29, 1.82) is 0 Å². The van der Waals surface area contributed by atoms with Crippen LogP contribution in [0, 0.1) is 17.5 Å². The van der Waals surface area contributed by atoms with Gasteiger partial charge in [0.15, 0.2) is 17.5 Å². The van der Waals surface area contributed by atoms with Gasteiger partial charge >= 0.3 is 0 Å². The normalized spacial score (nSPS) is 10.8. The van der Waals surface area contributed by atoms with Gasteiger partial charge in [-0.25, -0.2) is 13.2 Å². The summed E-state index contributed by atoms with van der Waals surface area (Å²) in [6.07, 6.45) is 3.44. The largest absolute Gasteiger partial charge is 0.317 e. The highest BCUT2D eigenvalue weighted by atomic mass is 19.2. The van der Waals surface area contributed by atoms with Crippen LogP contribution in [0.4, 0.5) is 13.2 Å². The fourth-order valence-corrected chi connectivity index (χ4v) is 1.63. The minimum Gasteiger partial charge on any atom is -0.317 e. The molecule has 1 N–H and O–H groups in total. The maximum atomic E-state index is 12.9. The molecule has 0 fully saturated rings. The molecular formula is C13H18F3N. The Balaban J connectivity index is 2.32. The lowest BCUT2D eigenvalue weighted by Gasteiger charge is -2.04. The Morgan fingerprint density at radius 3 is 2.24 bits per heavy atom. The van der Waals surface area contributed by atoms with E-state index in [-0.39, 0.29) is 0 Å². The molecule has 0 aliphatic heterocycles. The molecule has 1 aromatic rings. The van der Waals surface area contributed by atoms with Gasteiger partial charge in [0.05, 0.1) is 0 Å². The number of hydrogen-bond acceptors (Lipinski definition) is 1. The van der Waals surface area contributed by atoms with E-state index in [1.807, 2.05) is 0 Å². The van der Waals surface area contributed by atoms with Gasteiger partial charge in [0.2, 0.25) is 0 Å². The summed E-state index contributed by atoms with van der Waals surface area (Å²) in [6.45, 7) is 3.98. The van der Waals surface area contributed by atoms with E-state index in [2.05, 4.69) is 12.2 Å². The number of unbranched alkanes of at least 4 members (excludes halogenated alkanes) is 1. The minimum atomic E-state index is -1.39. The molecule has 0 aliphatic carbocycles. The maximum Gasteiger partial charge on any atom is 0.194 e. The molecule has 0 radical (unpaired) electrons. The molecule has 96 valence electrons. The maximum absolute atomic E-state index is 12.9. The van der Waals surface area contributed by atoms with Gasteiger partial charge in [-0.1, -0.05) is 6.92 Å². The van der Waals surface area contributed by atoms with E-state index in [9.17, 15) is 13.2 Å². The summed E-state index contributed by atoms with van der Waals surface area (Å²) in [7, 11) is 0. The molecule has 1 rings (SSSR count). The van der Waals surface area contributed by atoms with Gasteiger partial charge in [0, 0.05) is 0 Å². The van der Waals surface area contributed by atoms with Crippen molar-refractivity contribution in [3.05, 3.63) is 35.1 Å². The van der Waals surface area contributed by atoms with Gasteiger partial charge in [-0.3, -0.25) is 0 Å². The Bertz CT molecular complexity index is 330. The number of rotatable bonds is 7. The van der Waals surface area contributed by atoms with Gasteiger partial charge in [-0.15, -0.1) is 0 Å². The monoisotopic (exact) mass is 245 g/mol. The third-order valence-corrected chi connectivity index (χ3v) is 2.54. The Kier molecular flexibility index (Phi) is 6.05. The summed E-state index contributed by atoms with van der Waals surface area (Å²) in [5.41, 5.74) is 0.511. The zero-order valence-corrected chi connectivity index (χ0v) is 10.0. The van der Waals surface area contributed by atoms with Gasteiger partial charge in [-0.05, 0) is 56.5 Å². The highest BCUT2D eigenvalue weighted by Gasteiger charge is 2.09. The number of hydrogen-bond donors (Lipinski definition) is 1. The number of benzene rings is 1. The Hall–Kier alpha value is -1.03. The molecule has 0 amide bonds. The summed E-state index contributed by atoms with van der Waals surface area (Å²) < 4.78 is 38.5. The summed E-state index contributed by atoms with van der Waals surface area (Å²) in [5, 5.41) is 3.25. The minimum absolute atomic E-state index is 0.511. The third-order valence-electron chi connectivity index (χ3n) is 2.54. The van der Waals surface area contributed by atoms with Crippen LogP contribution in [0.15, 0.2) is 12.1 Å². The van der Waals surface area contributed by atoms with Crippen molar-refractivity contribution in [1.82, 2.24) is 5.32 Å². The first kappa shape index (κ1) is 14.0. The standard InChI is InChI=1S/C13H18F3N/c1-2-6-17-7-4-3-5-10-8-11(14)13(16)12(15)9-10/h8-9,17H,2-7H2,1H3. The van der Waals surface area contributed by atoms with Crippen LogP contribution in [0.5, 0.6) is 0 Å². The molecule has 0 unspecified atom stereocenters. The SMILES string of the molecule is CCCNCCCCc1cc(F)c(F)c(F)c1. The van der Waals surface area contributed by atoms with Gasteiger partial charge < -0.3 is 5.32 Å². The lowest BCUT2D eigenvalue weighted by Crippen LogP contribution is -2.15. The van der Waals surface area contributed by atoms with E-state index in [1.54, 1.807) is 0 Å². The molecule has 0 saturated carbocycles. The van der Waals surface area contributed by atoms with Crippen molar-refractivity contribution in [3.8, 4) is 0 Å². The quantitative estimate of drug-likeness (QED) is 0.573. The predicted octanol–water partition coefficient (Wildman–Crippen LogP) is 3.43. The highest BCUT2D eigenvalue weighted by Crippen LogP contribution is 2.15. The van der Waals surface area contributed by atoms with E-state index in [4.69, 9.17) is 0 Å². The molecule has 0 spiro atoms. The molecule has 0 aromatic heterocycles. The average molecular weight is 245 g/mol. The fourth-order valence-electron chi connectivity index (χ4n) is 1.63. The van der Waals surface area contributed by atoms with Crippen LogP contribution >= 0.6 is 0 Å². The zero-order chi connectivity index (χ0) is 12.7. The molecule has 0 aliphatic rings. The second-order valence-corrected chi connectivity index (χ2v) is 4.08.